The lowest BCUT2D eigenvalue weighted by Gasteiger charge is -2.05. The van der Waals surface area contributed by atoms with Crippen LogP contribution in [0.2, 0.25) is 5.02 Å². The second kappa shape index (κ2) is 5.27. The highest BCUT2D eigenvalue weighted by atomic mass is 35.5. The zero-order valence-electron chi connectivity index (χ0n) is 10.4. The Hall–Kier alpha value is -2.08. The number of anilines is 1. The number of benzene rings is 1. The Kier molecular flexibility index (Phi) is 3.71. The molecule has 6 nitrogen and oxygen atoms in total. The first-order valence-corrected chi connectivity index (χ1v) is 5.96. The van der Waals surface area contributed by atoms with E-state index in [1.165, 1.54) is 12.1 Å². The molecule has 7 heteroatoms. The van der Waals surface area contributed by atoms with Gasteiger partial charge in [0, 0.05) is 12.1 Å². The zero-order chi connectivity index (χ0) is 14.0. The molecule has 0 atom stereocenters. The molecular formula is C12H12ClN3O3. The second-order valence-electron chi connectivity index (χ2n) is 4.02. The van der Waals surface area contributed by atoms with Gasteiger partial charge in [-0.2, -0.15) is 0 Å². The van der Waals surface area contributed by atoms with E-state index in [0.29, 0.717) is 18.1 Å². The minimum absolute atomic E-state index is 0.0432. The number of nitro benzene ring substituents is 1. The van der Waals surface area contributed by atoms with Crippen molar-refractivity contribution in [2.24, 2.45) is 0 Å². The number of nitro groups is 1. The lowest BCUT2D eigenvalue weighted by atomic mass is 10.3. The van der Waals surface area contributed by atoms with Gasteiger partial charge in [-0.15, -0.1) is 0 Å². The molecule has 0 aliphatic carbocycles. The summed E-state index contributed by atoms with van der Waals surface area (Å²) in [6.07, 6.45) is 0. The van der Waals surface area contributed by atoms with E-state index in [9.17, 15) is 10.1 Å². The molecule has 2 rings (SSSR count). The Balaban J connectivity index is 2.09. The Labute approximate surface area is 114 Å². The number of nitrogens with one attached hydrogen (secondary N) is 1. The maximum Gasteiger partial charge on any atom is 0.271 e. The number of aryl methyl sites for hydroxylation is 2. The van der Waals surface area contributed by atoms with Crippen LogP contribution in [0.4, 0.5) is 11.4 Å². The lowest BCUT2D eigenvalue weighted by molar-refractivity contribution is -0.384. The Bertz CT molecular complexity index is 605. The molecule has 100 valence electrons. The molecule has 0 spiro atoms. The summed E-state index contributed by atoms with van der Waals surface area (Å²) in [6, 6.07) is 4.25. The molecule has 0 amide bonds. The molecule has 19 heavy (non-hydrogen) atoms. The van der Waals surface area contributed by atoms with Gasteiger partial charge >= 0.3 is 0 Å². The highest BCUT2D eigenvalue weighted by Gasteiger charge is 2.10. The van der Waals surface area contributed by atoms with E-state index in [1.54, 1.807) is 6.07 Å². The third-order valence-corrected chi connectivity index (χ3v) is 2.98. The van der Waals surface area contributed by atoms with Crippen molar-refractivity contribution in [3.63, 3.8) is 0 Å². The molecule has 0 aliphatic heterocycles. The van der Waals surface area contributed by atoms with Crippen molar-refractivity contribution in [2.45, 2.75) is 20.4 Å². The fourth-order valence-electron chi connectivity index (χ4n) is 1.55. The van der Waals surface area contributed by atoms with Crippen LogP contribution in [0.3, 0.4) is 0 Å². The predicted molar refractivity (Wildman–Crippen MR) is 71.4 cm³/mol. The maximum atomic E-state index is 10.6. The number of aromatic nitrogens is 1. The van der Waals surface area contributed by atoms with Crippen molar-refractivity contribution in [3.8, 4) is 0 Å². The summed E-state index contributed by atoms with van der Waals surface area (Å²) in [7, 11) is 0. The average Bonchev–Trinajstić information content (AvgIpc) is 2.67. The quantitative estimate of drug-likeness (QED) is 0.685. The molecule has 2 aromatic rings. The zero-order valence-corrected chi connectivity index (χ0v) is 11.2. The van der Waals surface area contributed by atoms with Crippen molar-refractivity contribution in [1.29, 1.82) is 0 Å². The normalized spacial score (nSPS) is 10.5. The Morgan fingerprint density at radius 2 is 2.21 bits per heavy atom. The topological polar surface area (TPSA) is 81.2 Å². The molecule has 0 aliphatic rings. The van der Waals surface area contributed by atoms with Crippen LogP contribution in [0.5, 0.6) is 0 Å². The second-order valence-corrected chi connectivity index (χ2v) is 4.43. The molecule has 0 radical (unpaired) electrons. The molecule has 0 saturated heterocycles. The van der Waals surface area contributed by atoms with E-state index >= 15 is 0 Å². The van der Waals surface area contributed by atoms with Crippen LogP contribution >= 0.6 is 11.6 Å². The largest absolute Gasteiger partial charge is 0.444 e. The van der Waals surface area contributed by atoms with Crippen LogP contribution in [0.1, 0.15) is 17.3 Å². The van der Waals surface area contributed by atoms with Crippen molar-refractivity contribution < 1.29 is 9.34 Å². The average molecular weight is 282 g/mol. The van der Waals surface area contributed by atoms with Crippen molar-refractivity contribution >= 4 is 23.0 Å². The van der Waals surface area contributed by atoms with Crippen molar-refractivity contribution in [3.05, 3.63) is 50.7 Å². The lowest BCUT2D eigenvalue weighted by Crippen LogP contribution is -2.00. The van der Waals surface area contributed by atoms with Gasteiger partial charge in [-0.05, 0) is 19.9 Å². The van der Waals surface area contributed by atoms with E-state index in [0.717, 1.165) is 11.5 Å². The maximum absolute atomic E-state index is 10.6. The number of nitrogens with zero attached hydrogens (tertiary/aromatic N) is 2. The van der Waals surface area contributed by atoms with Gasteiger partial charge in [0.25, 0.3) is 5.69 Å². The summed E-state index contributed by atoms with van der Waals surface area (Å²) >= 11 is 5.96. The fraction of sp³-hybridized carbons (Fsp3) is 0.250. The first-order chi connectivity index (χ1) is 8.97. The van der Waals surface area contributed by atoms with Gasteiger partial charge in [-0.1, -0.05) is 11.6 Å². The molecule has 1 aromatic heterocycles. The van der Waals surface area contributed by atoms with Gasteiger partial charge in [-0.3, -0.25) is 10.1 Å². The van der Waals surface area contributed by atoms with Gasteiger partial charge < -0.3 is 9.73 Å². The summed E-state index contributed by atoms with van der Waals surface area (Å²) in [5.41, 5.74) is 1.39. The summed E-state index contributed by atoms with van der Waals surface area (Å²) in [5.74, 6) is 1.32. The van der Waals surface area contributed by atoms with Gasteiger partial charge in [-0.25, -0.2) is 4.98 Å². The molecule has 1 heterocycles. The van der Waals surface area contributed by atoms with E-state index in [4.69, 9.17) is 16.0 Å². The van der Waals surface area contributed by atoms with Crippen LogP contribution in [-0.4, -0.2) is 9.91 Å². The molecule has 0 unspecified atom stereocenters. The van der Waals surface area contributed by atoms with Gasteiger partial charge in [0.15, 0.2) is 0 Å². The molecule has 1 N–H and O–H groups in total. The number of oxazole rings is 1. The number of halogens is 1. The molecule has 0 saturated carbocycles. The van der Waals surface area contributed by atoms with Gasteiger partial charge in [0.05, 0.1) is 27.9 Å². The number of non-ortho nitro benzene ring substituents is 1. The molecule has 0 fully saturated rings. The van der Waals surface area contributed by atoms with Crippen molar-refractivity contribution in [1.82, 2.24) is 4.98 Å². The van der Waals surface area contributed by atoms with Crippen molar-refractivity contribution in [2.75, 3.05) is 5.32 Å². The van der Waals surface area contributed by atoms with E-state index in [1.807, 2.05) is 13.8 Å². The smallest absolute Gasteiger partial charge is 0.271 e. The van der Waals surface area contributed by atoms with Gasteiger partial charge in [0.1, 0.15) is 5.76 Å². The predicted octanol–water partition coefficient (Wildman–Crippen LogP) is 3.47. The van der Waals surface area contributed by atoms with Crippen LogP contribution in [-0.2, 0) is 6.54 Å². The number of hydrogen-bond donors (Lipinski definition) is 1. The van der Waals surface area contributed by atoms with Crippen LogP contribution in [0.25, 0.3) is 0 Å². The third kappa shape index (κ3) is 3.03. The fourth-order valence-corrected chi connectivity index (χ4v) is 1.79. The summed E-state index contributed by atoms with van der Waals surface area (Å²) in [5, 5.41) is 13.9. The first-order valence-electron chi connectivity index (χ1n) is 5.58. The summed E-state index contributed by atoms with van der Waals surface area (Å²) in [6.45, 7) is 4.07. The van der Waals surface area contributed by atoms with Gasteiger partial charge in [0.2, 0.25) is 5.89 Å². The SMILES string of the molecule is Cc1nc(CNc2ccc([N+](=O)[O-])cc2Cl)oc1C. The van der Waals surface area contributed by atoms with Crippen LogP contribution in [0, 0.1) is 24.0 Å². The Morgan fingerprint density at radius 3 is 2.74 bits per heavy atom. The van der Waals surface area contributed by atoms with Crippen LogP contribution in [0.15, 0.2) is 22.6 Å². The molecular weight excluding hydrogens is 270 g/mol. The monoisotopic (exact) mass is 281 g/mol. The number of hydrogen-bond acceptors (Lipinski definition) is 5. The summed E-state index contributed by atoms with van der Waals surface area (Å²) in [4.78, 5) is 14.3. The standard InChI is InChI=1S/C12H12ClN3O3/c1-7-8(2)19-12(15-7)6-14-11-4-3-9(16(17)18)5-10(11)13/h3-5,14H,6H2,1-2H3. The van der Waals surface area contributed by atoms with Crippen LogP contribution < -0.4 is 5.32 Å². The molecule has 0 bridgehead atoms. The number of rotatable bonds is 4. The Morgan fingerprint density at radius 1 is 1.47 bits per heavy atom. The van der Waals surface area contributed by atoms with E-state index in [2.05, 4.69) is 10.3 Å². The van der Waals surface area contributed by atoms with E-state index < -0.39 is 4.92 Å². The highest BCUT2D eigenvalue weighted by Crippen LogP contribution is 2.27. The first kappa shape index (κ1) is 13.4. The minimum atomic E-state index is -0.490. The highest BCUT2D eigenvalue weighted by molar-refractivity contribution is 6.33. The van der Waals surface area contributed by atoms with E-state index in [-0.39, 0.29) is 10.7 Å². The minimum Gasteiger partial charge on any atom is -0.444 e. The molecule has 1 aromatic carbocycles. The summed E-state index contributed by atoms with van der Waals surface area (Å²) < 4.78 is 5.41. The third-order valence-electron chi connectivity index (χ3n) is 2.67.